The van der Waals surface area contributed by atoms with Crippen molar-refractivity contribution in [2.75, 3.05) is 34.5 Å². The molecule has 1 unspecified atom stereocenters. The van der Waals surface area contributed by atoms with Crippen molar-refractivity contribution < 1.29 is 33.3 Å². The maximum atomic E-state index is 12.0. The molecule has 10 heteroatoms. The number of carbonyl (C=O) groups excluding carboxylic acids is 2. The Morgan fingerprint density at radius 3 is 2.11 bits per heavy atom. The highest BCUT2D eigenvalue weighted by atomic mass is 35.5. The van der Waals surface area contributed by atoms with Gasteiger partial charge in [-0.15, -0.1) is 12.4 Å². The van der Waals surface area contributed by atoms with Gasteiger partial charge in [0, 0.05) is 6.07 Å². The molecule has 0 aromatic heterocycles. The third-order valence-electron chi connectivity index (χ3n) is 4.87. The normalized spacial score (nSPS) is 11.4. The molecule has 1 atom stereocenters. The lowest BCUT2D eigenvalue weighted by Crippen LogP contribution is -2.45. The highest BCUT2D eigenvalue weighted by Crippen LogP contribution is 2.30. The number of nitrogens with two attached hydrogens (primary N) is 1. The fourth-order valence-corrected chi connectivity index (χ4v) is 2.84. The summed E-state index contributed by atoms with van der Waals surface area (Å²) in [7, 11) is 4.66. The van der Waals surface area contributed by atoms with Gasteiger partial charge in [-0.25, -0.2) is 4.79 Å². The second-order valence-corrected chi connectivity index (χ2v) is 7.65. The minimum absolute atomic E-state index is 0. The van der Waals surface area contributed by atoms with Crippen LogP contribution in [0.2, 0.25) is 0 Å². The summed E-state index contributed by atoms with van der Waals surface area (Å²) in [5.41, 5.74) is 7.47. The molecule has 0 aliphatic heterocycles. The molecule has 1 amide bonds. The van der Waals surface area contributed by atoms with Crippen LogP contribution in [-0.4, -0.2) is 52.6 Å². The van der Waals surface area contributed by atoms with Crippen molar-refractivity contribution in [3.63, 3.8) is 0 Å². The van der Waals surface area contributed by atoms with Gasteiger partial charge in [0.25, 0.3) is 0 Å². The molecule has 0 bridgehead atoms. The first kappa shape index (κ1) is 29.6. The number of benzene rings is 2. The molecule has 35 heavy (non-hydrogen) atoms. The fraction of sp³-hybridized carbons (Fsp3) is 0.360. The van der Waals surface area contributed by atoms with E-state index < -0.39 is 12.2 Å². The van der Waals surface area contributed by atoms with E-state index in [9.17, 15) is 9.59 Å². The molecule has 0 spiro atoms. The summed E-state index contributed by atoms with van der Waals surface area (Å²) in [6, 6.07) is 10.0. The van der Waals surface area contributed by atoms with Gasteiger partial charge in [0.15, 0.2) is 11.5 Å². The van der Waals surface area contributed by atoms with Crippen molar-refractivity contribution in [1.82, 2.24) is 5.32 Å². The molecule has 0 heterocycles. The number of ether oxygens (including phenoxy) is 5. The van der Waals surface area contributed by atoms with Gasteiger partial charge in [-0.05, 0) is 41.3 Å². The van der Waals surface area contributed by atoms with Crippen LogP contribution in [0.3, 0.4) is 0 Å². The van der Waals surface area contributed by atoms with Crippen LogP contribution in [-0.2, 0) is 9.53 Å². The van der Waals surface area contributed by atoms with E-state index in [0.29, 0.717) is 17.2 Å². The number of rotatable bonds is 11. The predicted molar refractivity (Wildman–Crippen MR) is 137 cm³/mol. The van der Waals surface area contributed by atoms with Crippen LogP contribution < -0.4 is 30.0 Å². The van der Waals surface area contributed by atoms with E-state index in [0.717, 1.165) is 11.1 Å². The number of amides is 1. The predicted octanol–water partition coefficient (Wildman–Crippen LogP) is 3.92. The van der Waals surface area contributed by atoms with Gasteiger partial charge in [0.05, 0.1) is 33.9 Å². The van der Waals surface area contributed by atoms with E-state index >= 15 is 0 Å². The summed E-state index contributed by atoms with van der Waals surface area (Å²) in [6.07, 6.45) is 2.87. The lowest BCUT2D eigenvalue weighted by molar-refractivity contribution is -0.123. The monoisotopic (exact) mass is 508 g/mol. The van der Waals surface area contributed by atoms with Crippen LogP contribution in [0.15, 0.2) is 36.4 Å². The number of halogens is 1. The second kappa shape index (κ2) is 14.7. The molecule has 0 saturated carbocycles. The number of nitrogens with one attached hydrogen (secondary N) is 1. The smallest absolute Gasteiger partial charge is 0.497 e. The zero-order valence-corrected chi connectivity index (χ0v) is 21.3. The largest absolute Gasteiger partial charge is 0.514 e. The van der Waals surface area contributed by atoms with Crippen LogP contribution in [0.4, 0.5) is 4.79 Å². The lowest BCUT2D eigenvalue weighted by atomic mass is 10.1. The van der Waals surface area contributed by atoms with Gasteiger partial charge in [-0.1, -0.05) is 32.1 Å². The van der Waals surface area contributed by atoms with Gasteiger partial charge in [0.1, 0.15) is 18.1 Å². The van der Waals surface area contributed by atoms with E-state index in [4.69, 9.17) is 29.4 Å². The zero-order valence-electron chi connectivity index (χ0n) is 20.5. The summed E-state index contributed by atoms with van der Waals surface area (Å²) in [6.45, 7) is 3.78. The Labute approximate surface area is 211 Å². The first-order valence-corrected chi connectivity index (χ1v) is 10.7. The molecular formula is C25H33ClN2O7. The van der Waals surface area contributed by atoms with E-state index in [-0.39, 0.29) is 43.1 Å². The molecule has 192 valence electrons. The SMILES string of the molecule is COc1cc(C=Cc2ccc(OC(=O)OCCNC(=O)C(N)C(C)C)c(OC)c2)cc(OC)c1.Cl. The van der Waals surface area contributed by atoms with Crippen molar-refractivity contribution in [2.24, 2.45) is 11.7 Å². The average Bonchev–Trinajstić information content (AvgIpc) is 2.84. The summed E-state index contributed by atoms with van der Waals surface area (Å²) in [4.78, 5) is 23.8. The van der Waals surface area contributed by atoms with Gasteiger partial charge < -0.3 is 34.7 Å². The van der Waals surface area contributed by atoms with Crippen LogP contribution in [0.1, 0.15) is 25.0 Å². The van der Waals surface area contributed by atoms with Gasteiger partial charge in [0.2, 0.25) is 5.91 Å². The highest BCUT2D eigenvalue weighted by molar-refractivity contribution is 5.85. The Hall–Kier alpha value is -3.43. The maximum absolute atomic E-state index is 12.0. The molecule has 0 aliphatic rings. The van der Waals surface area contributed by atoms with Gasteiger partial charge in [-0.3, -0.25) is 4.79 Å². The Morgan fingerprint density at radius 2 is 1.54 bits per heavy atom. The topological polar surface area (TPSA) is 118 Å². The van der Waals surface area contributed by atoms with Crippen molar-refractivity contribution >= 4 is 36.6 Å². The van der Waals surface area contributed by atoms with Gasteiger partial charge in [-0.2, -0.15) is 0 Å². The molecular weight excluding hydrogens is 476 g/mol. The van der Waals surface area contributed by atoms with Crippen LogP contribution >= 0.6 is 12.4 Å². The number of methoxy groups -OCH3 is 3. The van der Waals surface area contributed by atoms with Crippen molar-refractivity contribution in [1.29, 1.82) is 0 Å². The van der Waals surface area contributed by atoms with Crippen LogP contribution in [0, 0.1) is 5.92 Å². The third kappa shape index (κ3) is 9.38. The first-order chi connectivity index (χ1) is 16.3. The van der Waals surface area contributed by atoms with E-state index in [2.05, 4.69) is 5.32 Å². The Kier molecular flexibility index (Phi) is 12.5. The van der Waals surface area contributed by atoms with Crippen molar-refractivity contribution in [2.45, 2.75) is 19.9 Å². The summed E-state index contributed by atoms with van der Waals surface area (Å²) in [5.74, 6) is 1.64. The highest BCUT2D eigenvalue weighted by Gasteiger charge is 2.17. The van der Waals surface area contributed by atoms with E-state index in [1.54, 1.807) is 38.5 Å². The molecule has 2 aromatic rings. The third-order valence-corrected chi connectivity index (χ3v) is 4.87. The maximum Gasteiger partial charge on any atom is 0.514 e. The standard InChI is InChI=1S/C25H32N2O7.ClH/c1-16(2)23(26)24(28)27-10-11-33-25(29)34-21-9-8-17(14-22(21)32-5)6-7-18-12-19(30-3)15-20(13-18)31-4;/h6-9,12-16,23H,10-11,26H2,1-5H3,(H,27,28);1H. The summed E-state index contributed by atoms with van der Waals surface area (Å²) < 4.78 is 26.1. The average molecular weight is 509 g/mol. The summed E-state index contributed by atoms with van der Waals surface area (Å²) >= 11 is 0. The summed E-state index contributed by atoms with van der Waals surface area (Å²) in [5, 5.41) is 2.61. The Balaban J connectivity index is 0.00000612. The minimum atomic E-state index is -0.910. The Morgan fingerprint density at radius 1 is 0.914 bits per heavy atom. The molecule has 0 aliphatic carbocycles. The first-order valence-electron chi connectivity index (χ1n) is 10.7. The number of hydrogen-bond donors (Lipinski definition) is 2. The minimum Gasteiger partial charge on any atom is -0.497 e. The molecule has 3 N–H and O–H groups in total. The quantitative estimate of drug-likeness (QED) is 0.203. The van der Waals surface area contributed by atoms with Crippen LogP contribution in [0.25, 0.3) is 12.2 Å². The van der Waals surface area contributed by atoms with E-state index in [1.165, 1.54) is 7.11 Å². The second-order valence-electron chi connectivity index (χ2n) is 7.65. The van der Waals surface area contributed by atoms with Crippen molar-refractivity contribution in [3.8, 4) is 23.0 Å². The molecule has 2 aromatic carbocycles. The molecule has 9 nitrogen and oxygen atoms in total. The fourth-order valence-electron chi connectivity index (χ4n) is 2.84. The molecule has 2 rings (SSSR count). The van der Waals surface area contributed by atoms with Crippen molar-refractivity contribution in [3.05, 3.63) is 47.5 Å². The zero-order chi connectivity index (χ0) is 25.1. The number of carbonyl (C=O) groups is 2. The molecule has 0 fully saturated rings. The number of hydrogen-bond acceptors (Lipinski definition) is 8. The van der Waals surface area contributed by atoms with Crippen LogP contribution in [0.5, 0.6) is 23.0 Å². The van der Waals surface area contributed by atoms with Gasteiger partial charge >= 0.3 is 6.16 Å². The Bertz CT molecular complexity index is 989. The molecule has 0 radical (unpaired) electrons. The molecule has 0 saturated heterocycles. The lowest BCUT2D eigenvalue weighted by Gasteiger charge is -2.15. The van der Waals surface area contributed by atoms with E-state index in [1.807, 2.05) is 38.1 Å².